The zero-order valence-electron chi connectivity index (χ0n) is 13.9. The molecule has 5 nitrogen and oxygen atoms in total. The number of halogens is 2. The molecule has 1 heterocycles. The van der Waals surface area contributed by atoms with Gasteiger partial charge in [-0.25, -0.2) is 0 Å². The highest BCUT2D eigenvalue weighted by Gasteiger charge is 2.40. The highest BCUT2D eigenvalue weighted by atomic mass is 35.5. The third kappa shape index (κ3) is 3.68. The van der Waals surface area contributed by atoms with Crippen molar-refractivity contribution in [2.45, 2.75) is 38.6 Å². The Hall–Kier alpha value is -1.30. The van der Waals surface area contributed by atoms with E-state index in [1.54, 1.807) is 23.1 Å². The highest BCUT2D eigenvalue weighted by Crippen LogP contribution is 2.31. The summed E-state index contributed by atoms with van der Waals surface area (Å²) in [6.45, 7) is 4.79. The second-order valence-electron chi connectivity index (χ2n) is 6.11. The molecule has 0 aliphatic carbocycles. The average molecular weight is 372 g/mol. The molecule has 1 unspecified atom stereocenters. The Morgan fingerprint density at radius 2 is 2.00 bits per heavy atom. The second kappa shape index (κ2) is 7.72. The molecule has 1 saturated heterocycles. The largest absolute Gasteiger partial charge is 0.349 e. The summed E-state index contributed by atoms with van der Waals surface area (Å²) in [6.07, 6.45) is 1.92. The summed E-state index contributed by atoms with van der Waals surface area (Å²) in [6, 6.07) is 5.02. The van der Waals surface area contributed by atoms with Crippen molar-refractivity contribution in [2.24, 2.45) is 11.7 Å². The van der Waals surface area contributed by atoms with Crippen molar-refractivity contribution < 1.29 is 9.59 Å². The molecule has 0 spiro atoms. The van der Waals surface area contributed by atoms with Crippen LogP contribution >= 0.6 is 23.2 Å². The van der Waals surface area contributed by atoms with Gasteiger partial charge in [0, 0.05) is 18.8 Å². The molecule has 7 heteroatoms. The van der Waals surface area contributed by atoms with E-state index in [2.05, 4.69) is 5.32 Å². The first-order valence-corrected chi connectivity index (χ1v) is 8.91. The molecule has 1 aliphatic rings. The van der Waals surface area contributed by atoms with Crippen molar-refractivity contribution >= 4 is 40.7 Å². The van der Waals surface area contributed by atoms with Crippen LogP contribution in [-0.2, 0) is 9.59 Å². The fourth-order valence-corrected chi connectivity index (χ4v) is 3.24. The Labute approximate surface area is 152 Å². The first kappa shape index (κ1) is 19.0. The van der Waals surface area contributed by atoms with E-state index in [1.165, 1.54) is 0 Å². The van der Waals surface area contributed by atoms with Gasteiger partial charge in [0.05, 0.1) is 15.6 Å². The Bertz CT molecular complexity index is 624. The van der Waals surface area contributed by atoms with Crippen molar-refractivity contribution in [2.75, 3.05) is 18.0 Å². The first-order valence-electron chi connectivity index (χ1n) is 8.16. The number of hydrogen-bond acceptors (Lipinski definition) is 3. The predicted octanol–water partition coefficient (Wildman–Crippen LogP) is 2.98. The fourth-order valence-electron chi connectivity index (χ4n) is 2.95. The van der Waals surface area contributed by atoms with Gasteiger partial charge in [0.1, 0.15) is 5.92 Å². The summed E-state index contributed by atoms with van der Waals surface area (Å²) in [7, 11) is 0. The minimum absolute atomic E-state index is 0.219. The second-order valence-corrected chi connectivity index (χ2v) is 6.92. The molecular weight excluding hydrogens is 349 g/mol. The minimum atomic E-state index is -0.691. The summed E-state index contributed by atoms with van der Waals surface area (Å²) >= 11 is 11.9. The Balaban J connectivity index is 2.13. The standard InChI is InChI=1S/C17H23Cl2N3O2/c1-3-17(4-2,10-20)21-15(23)12-7-8-22(16(12)24)11-5-6-13(18)14(19)9-11/h5-6,9,12H,3-4,7-8,10,20H2,1-2H3,(H,21,23). The van der Waals surface area contributed by atoms with E-state index in [0.29, 0.717) is 35.2 Å². The number of rotatable bonds is 6. The van der Waals surface area contributed by atoms with E-state index in [-0.39, 0.29) is 11.8 Å². The number of nitrogens with zero attached hydrogens (tertiary/aromatic N) is 1. The molecule has 0 bridgehead atoms. The molecule has 24 heavy (non-hydrogen) atoms. The van der Waals surface area contributed by atoms with Crippen LogP contribution in [0.5, 0.6) is 0 Å². The average Bonchev–Trinajstić information content (AvgIpc) is 2.97. The SMILES string of the molecule is CCC(CC)(CN)NC(=O)C1CCN(c2ccc(Cl)c(Cl)c2)C1=O. The maximum Gasteiger partial charge on any atom is 0.239 e. The van der Waals surface area contributed by atoms with Crippen LogP contribution in [0.4, 0.5) is 5.69 Å². The van der Waals surface area contributed by atoms with Gasteiger partial charge in [-0.15, -0.1) is 0 Å². The van der Waals surface area contributed by atoms with E-state index in [4.69, 9.17) is 28.9 Å². The van der Waals surface area contributed by atoms with Gasteiger partial charge in [-0.05, 0) is 37.5 Å². The Morgan fingerprint density at radius 3 is 2.54 bits per heavy atom. The van der Waals surface area contributed by atoms with Crippen LogP contribution in [0.2, 0.25) is 10.0 Å². The highest BCUT2D eigenvalue weighted by molar-refractivity contribution is 6.42. The molecule has 2 amide bonds. The molecule has 1 aliphatic heterocycles. The van der Waals surface area contributed by atoms with Crippen molar-refractivity contribution in [3.05, 3.63) is 28.2 Å². The van der Waals surface area contributed by atoms with Gasteiger partial charge in [-0.1, -0.05) is 37.0 Å². The summed E-state index contributed by atoms with van der Waals surface area (Å²) in [5.41, 5.74) is 6.03. The van der Waals surface area contributed by atoms with Gasteiger partial charge in [-0.3, -0.25) is 9.59 Å². The molecule has 1 atom stereocenters. The lowest BCUT2D eigenvalue weighted by atomic mass is 9.91. The normalized spacial score (nSPS) is 18.1. The first-order chi connectivity index (χ1) is 11.4. The van der Waals surface area contributed by atoms with Gasteiger partial charge in [0.25, 0.3) is 0 Å². The van der Waals surface area contributed by atoms with Gasteiger partial charge < -0.3 is 16.0 Å². The van der Waals surface area contributed by atoms with Crippen LogP contribution in [-0.4, -0.2) is 30.4 Å². The molecule has 0 aromatic heterocycles. The van der Waals surface area contributed by atoms with Crippen molar-refractivity contribution in [3.8, 4) is 0 Å². The van der Waals surface area contributed by atoms with Crippen molar-refractivity contribution in [1.29, 1.82) is 0 Å². The van der Waals surface area contributed by atoms with E-state index < -0.39 is 11.5 Å². The van der Waals surface area contributed by atoms with Crippen LogP contribution < -0.4 is 16.0 Å². The molecule has 1 aromatic rings. The van der Waals surface area contributed by atoms with Crippen molar-refractivity contribution in [1.82, 2.24) is 5.32 Å². The number of benzene rings is 1. The number of hydrogen-bond donors (Lipinski definition) is 2. The van der Waals surface area contributed by atoms with Crippen LogP contribution in [0.3, 0.4) is 0 Å². The molecule has 3 N–H and O–H groups in total. The molecule has 0 saturated carbocycles. The number of nitrogens with two attached hydrogens (primary N) is 1. The fraction of sp³-hybridized carbons (Fsp3) is 0.529. The molecule has 0 radical (unpaired) electrons. The van der Waals surface area contributed by atoms with Gasteiger partial charge in [0.15, 0.2) is 0 Å². The Kier molecular flexibility index (Phi) is 6.12. The lowest BCUT2D eigenvalue weighted by molar-refractivity contribution is -0.133. The molecule has 1 aromatic carbocycles. The zero-order valence-corrected chi connectivity index (χ0v) is 15.5. The molecular formula is C17H23Cl2N3O2. The van der Waals surface area contributed by atoms with Gasteiger partial charge >= 0.3 is 0 Å². The van der Waals surface area contributed by atoms with E-state index in [0.717, 1.165) is 12.8 Å². The van der Waals surface area contributed by atoms with E-state index >= 15 is 0 Å². The summed E-state index contributed by atoms with van der Waals surface area (Å²) in [5.74, 6) is -1.16. The third-order valence-corrected chi connectivity index (χ3v) is 5.61. The Morgan fingerprint density at radius 1 is 1.33 bits per heavy atom. The zero-order chi connectivity index (χ0) is 17.9. The monoisotopic (exact) mass is 371 g/mol. The lowest BCUT2D eigenvalue weighted by Gasteiger charge is -2.32. The summed E-state index contributed by atoms with van der Waals surface area (Å²) in [4.78, 5) is 26.8. The minimum Gasteiger partial charge on any atom is -0.349 e. The van der Waals surface area contributed by atoms with Crippen LogP contribution in [0.15, 0.2) is 18.2 Å². The maximum atomic E-state index is 12.7. The van der Waals surface area contributed by atoms with E-state index in [9.17, 15) is 9.59 Å². The molecule has 2 rings (SSSR count). The molecule has 1 fully saturated rings. The van der Waals surface area contributed by atoms with Crippen LogP contribution in [0, 0.1) is 5.92 Å². The van der Waals surface area contributed by atoms with Gasteiger partial charge in [0.2, 0.25) is 11.8 Å². The van der Waals surface area contributed by atoms with Crippen LogP contribution in [0.25, 0.3) is 0 Å². The number of amides is 2. The quantitative estimate of drug-likeness (QED) is 0.754. The smallest absolute Gasteiger partial charge is 0.239 e. The van der Waals surface area contributed by atoms with E-state index in [1.807, 2.05) is 13.8 Å². The maximum absolute atomic E-state index is 12.7. The predicted molar refractivity (Wildman–Crippen MR) is 97.4 cm³/mol. The number of anilines is 1. The van der Waals surface area contributed by atoms with Crippen molar-refractivity contribution in [3.63, 3.8) is 0 Å². The van der Waals surface area contributed by atoms with Crippen LogP contribution in [0.1, 0.15) is 33.1 Å². The number of nitrogens with one attached hydrogen (secondary N) is 1. The number of carbonyl (C=O) groups excluding carboxylic acids is 2. The lowest BCUT2D eigenvalue weighted by Crippen LogP contribution is -2.55. The summed E-state index contributed by atoms with van der Waals surface area (Å²) in [5, 5.41) is 3.80. The third-order valence-electron chi connectivity index (χ3n) is 4.87. The van der Waals surface area contributed by atoms with Gasteiger partial charge in [-0.2, -0.15) is 0 Å². The summed E-state index contributed by atoms with van der Waals surface area (Å²) < 4.78 is 0. The molecule has 132 valence electrons. The topological polar surface area (TPSA) is 75.4 Å². The number of carbonyl (C=O) groups is 2.